The molecule has 5 nitrogen and oxygen atoms in total. The van der Waals surface area contributed by atoms with Gasteiger partial charge in [-0.05, 0) is 36.8 Å². The molecule has 25 heavy (non-hydrogen) atoms. The monoisotopic (exact) mass is 341 g/mol. The van der Waals surface area contributed by atoms with E-state index in [9.17, 15) is 4.79 Å². The molecule has 0 radical (unpaired) electrons. The Morgan fingerprint density at radius 2 is 1.80 bits per heavy atom. The maximum absolute atomic E-state index is 12.7. The van der Waals surface area contributed by atoms with Crippen LogP contribution in [0.2, 0.25) is 0 Å². The van der Waals surface area contributed by atoms with Crippen molar-refractivity contribution in [1.29, 1.82) is 0 Å². The molecule has 1 amide bonds. The standard InChI is InChI=1S/C20H23NO4/c1-15(25-18-10-8-17(23-2)9-11-18)20(22)21-12-13-24-19(14-21)16-6-4-3-5-7-16/h3-11,15,19H,12-14H2,1-2H3. The highest BCUT2D eigenvalue weighted by atomic mass is 16.5. The highest BCUT2D eigenvalue weighted by molar-refractivity contribution is 5.81. The first kappa shape index (κ1) is 17.3. The van der Waals surface area contributed by atoms with Crippen LogP contribution in [0.3, 0.4) is 0 Å². The lowest BCUT2D eigenvalue weighted by molar-refractivity contribution is -0.145. The molecule has 0 bridgehead atoms. The van der Waals surface area contributed by atoms with Gasteiger partial charge in [0.1, 0.15) is 17.6 Å². The van der Waals surface area contributed by atoms with Gasteiger partial charge in [-0.25, -0.2) is 0 Å². The van der Waals surface area contributed by atoms with E-state index in [-0.39, 0.29) is 12.0 Å². The Kier molecular flexibility index (Phi) is 5.56. The lowest BCUT2D eigenvalue weighted by Gasteiger charge is -2.34. The van der Waals surface area contributed by atoms with Gasteiger partial charge in [0.25, 0.3) is 5.91 Å². The summed E-state index contributed by atoms with van der Waals surface area (Å²) in [5, 5.41) is 0. The van der Waals surface area contributed by atoms with E-state index >= 15 is 0 Å². The second-order valence-corrected chi connectivity index (χ2v) is 5.99. The van der Waals surface area contributed by atoms with Crippen LogP contribution in [-0.4, -0.2) is 43.7 Å². The minimum Gasteiger partial charge on any atom is -0.497 e. The first-order chi connectivity index (χ1) is 12.2. The molecule has 2 unspecified atom stereocenters. The van der Waals surface area contributed by atoms with Gasteiger partial charge in [0.15, 0.2) is 6.10 Å². The Morgan fingerprint density at radius 1 is 1.12 bits per heavy atom. The van der Waals surface area contributed by atoms with Crippen LogP contribution in [0.25, 0.3) is 0 Å². The lowest BCUT2D eigenvalue weighted by atomic mass is 10.1. The van der Waals surface area contributed by atoms with Crippen molar-refractivity contribution in [2.45, 2.75) is 19.1 Å². The molecule has 1 fully saturated rings. The maximum atomic E-state index is 12.7. The van der Waals surface area contributed by atoms with Crippen molar-refractivity contribution in [2.24, 2.45) is 0 Å². The van der Waals surface area contributed by atoms with Crippen LogP contribution in [0.15, 0.2) is 54.6 Å². The zero-order valence-corrected chi connectivity index (χ0v) is 14.6. The average Bonchev–Trinajstić information content (AvgIpc) is 2.68. The number of morpholine rings is 1. The summed E-state index contributed by atoms with van der Waals surface area (Å²) in [6.45, 7) is 3.43. The molecule has 0 aliphatic carbocycles. The number of benzene rings is 2. The minimum absolute atomic E-state index is 0.0277. The first-order valence-corrected chi connectivity index (χ1v) is 8.43. The molecule has 132 valence electrons. The van der Waals surface area contributed by atoms with Gasteiger partial charge in [0.2, 0.25) is 0 Å². The molecule has 0 saturated carbocycles. The molecule has 1 aliphatic heterocycles. The summed E-state index contributed by atoms with van der Waals surface area (Å²) < 4.78 is 16.7. The summed E-state index contributed by atoms with van der Waals surface area (Å²) in [4.78, 5) is 14.5. The predicted octanol–water partition coefficient (Wildman–Crippen LogP) is 3.06. The molecule has 3 rings (SSSR count). The van der Waals surface area contributed by atoms with Gasteiger partial charge in [-0.3, -0.25) is 4.79 Å². The van der Waals surface area contributed by atoms with Crippen LogP contribution in [0.4, 0.5) is 0 Å². The van der Waals surface area contributed by atoms with Crippen LogP contribution in [0.5, 0.6) is 11.5 Å². The number of methoxy groups -OCH3 is 1. The van der Waals surface area contributed by atoms with Gasteiger partial charge in [0.05, 0.1) is 20.3 Å². The SMILES string of the molecule is COc1ccc(OC(C)C(=O)N2CCOC(c3ccccc3)C2)cc1. The molecule has 2 aromatic carbocycles. The highest BCUT2D eigenvalue weighted by Crippen LogP contribution is 2.23. The maximum Gasteiger partial charge on any atom is 0.263 e. The van der Waals surface area contributed by atoms with Crippen LogP contribution in [0, 0.1) is 0 Å². The first-order valence-electron chi connectivity index (χ1n) is 8.43. The number of ether oxygens (including phenoxy) is 3. The summed E-state index contributed by atoms with van der Waals surface area (Å²) >= 11 is 0. The topological polar surface area (TPSA) is 48.0 Å². The van der Waals surface area contributed by atoms with Gasteiger partial charge in [0, 0.05) is 6.54 Å². The summed E-state index contributed by atoms with van der Waals surface area (Å²) in [6.07, 6.45) is -0.644. The van der Waals surface area contributed by atoms with E-state index in [2.05, 4.69) is 0 Å². The van der Waals surface area contributed by atoms with Crippen molar-refractivity contribution < 1.29 is 19.0 Å². The number of rotatable bonds is 5. The third kappa shape index (κ3) is 4.31. The largest absolute Gasteiger partial charge is 0.497 e. The lowest BCUT2D eigenvalue weighted by Crippen LogP contribution is -2.47. The van der Waals surface area contributed by atoms with Crippen LogP contribution < -0.4 is 9.47 Å². The second-order valence-electron chi connectivity index (χ2n) is 5.99. The molecule has 5 heteroatoms. The number of nitrogens with zero attached hydrogens (tertiary/aromatic N) is 1. The quantitative estimate of drug-likeness (QED) is 0.839. The van der Waals surface area contributed by atoms with Gasteiger partial charge in [-0.1, -0.05) is 30.3 Å². The fourth-order valence-electron chi connectivity index (χ4n) is 2.88. The van der Waals surface area contributed by atoms with Crippen molar-refractivity contribution in [3.05, 3.63) is 60.2 Å². The Labute approximate surface area is 148 Å². The van der Waals surface area contributed by atoms with Crippen LogP contribution in [-0.2, 0) is 9.53 Å². The van der Waals surface area contributed by atoms with E-state index in [4.69, 9.17) is 14.2 Å². The number of amides is 1. The molecule has 1 aliphatic rings. The average molecular weight is 341 g/mol. The van der Waals surface area contributed by atoms with E-state index < -0.39 is 6.10 Å². The number of hydrogen-bond acceptors (Lipinski definition) is 4. The molecule has 2 atom stereocenters. The molecule has 1 heterocycles. The predicted molar refractivity (Wildman–Crippen MR) is 94.8 cm³/mol. The van der Waals surface area contributed by atoms with Crippen molar-refractivity contribution in [2.75, 3.05) is 26.8 Å². The van der Waals surface area contributed by atoms with Gasteiger partial charge in [-0.2, -0.15) is 0 Å². The molecule has 0 aromatic heterocycles. The molecule has 1 saturated heterocycles. The van der Waals surface area contributed by atoms with Gasteiger partial charge >= 0.3 is 0 Å². The van der Waals surface area contributed by atoms with E-state index in [1.807, 2.05) is 47.4 Å². The minimum atomic E-state index is -0.553. The van der Waals surface area contributed by atoms with E-state index in [1.54, 1.807) is 26.2 Å². The fraction of sp³-hybridized carbons (Fsp3) is 0.350. The summed E-state index contributed by atoms with van der Waals surface area (Å²) in [6, 6.07) is 17.2. The Bertz CT molecular complexity index is 687. The Hall–Kier alpha value is -2.53. The van der Waals surface area contributed by atoms with Gasteiger partial charge < -0.3 is 19.1 Å². The molecule has 0 N–H and O–H groups in total. The van der Waals surface area contributed by atoms with Crippen molar-refractivity contribution in [3.8, 4) is 11.5 Å². The number of hydrogen-bond donors (Lipinski definition) is 0. The Balaban J connectivity index is 1.61. The normalized spacial score (nSPS) is 18.5. The van der Waals surface area contributed by atoms with E-state index in [1.165, 1.54) is 0 Å². The highest BCUT2D eigenvalue weighted by Gasteiger charge is 2.29. The third-order valence-corrected chi connectivity index (χ3v) is 4.27. The van der Waals surface area contributed by atoms with Crippen LogP contribution in [0.1, 0.15) is 18.6 Å². The van der Waals surface area contributed by atoms with Gasteiger partial charge in [-0.15, -0.1) is 0 Å². The summed E-state index contributed by atoms with van der Waals surface area (Å²) in [5.41, 5.74) is 1.09. The third-order valence-electron chi connectivity index (χ3n) is 4.27. The molecular weight excluding hydrogens is 318 g/mol. The number of carbonyl (C=O) groups excluding carboxylic acids is 1. The fourth-order valence-corrected chi connectivity index (χ4v) is 2.88. The zero-order chi connectivity index (χ0) is 17.6. The van der Waals surface area contributed by atoms with Crippen molar-refractivity contribution in [3.63, 3.8) is 0 Å². The van der Waals surface area contributed by atoms with Crippen molar-refractivity contribution in [1.82, 2.24) is 4.90 Å². The smallest absolute Gasteiger partial charge is 0.263 e. The number of carbonyl (C=O) groups is 1. The molecular formula is C20H23NO4. The second kappa shape index (κ2) is 8.03. The van der Waals surface area contributed by atoms with Crippen LogP contribution >= 0.6 is 0 Å². The van der Waals surface area contributed by atoms with E-state index in [0.717, 1.165) is 11.3 Å². The zero-order valence-electron chi connectivity index (χ0n) is 14.6. The van der Waals surface area contributed by atoms with E-state index in [0.29, 0.717) is 25.4 Å². The Morgan fingerprint density at radius 3 is 2.48 bits per heavy atom. The van der Waals surface area contributed by atoms with Crippen molar-refractivity contribution >= 4 is 5.91 Å². The molecule has 0 spiro atoms. The summed E-state index contributed by atoms with van der Waals surface area (Å²) in [5.74, 6) is 1.37. The molecule has 2 aromatic rings. The summed E-state index contributed by atoms with van der Waals surface area (Å²) in [7, 11) is 1.61.